The largest absolute Gasteiger partial charge is 0.481 e. The Kier molecular flexibility index (Phi) is 3.32. The number of fused-ring (bicyclic) bond motifs is 1. The van der Waals surface area contributed by atoms with Gasteiger partial charge >= 0.3 is 5.97 Å². The molecule has 110 valence electrons. The minimum absolute atomic E-state index is 0.0677. The van der Waals surface area contributed by atoms with Gasteiger partial charge in [-0.05, 0) is 12.1 Å². The minimum Gasteiger partial charge on any atom is -0.481 e. The van der Waals surface area contributed by atoms with Crippen LogP contribution in [-0.2, 0) is 19.6 Å². The fraction of sp³-hybridized carbons (Fsp3) is 0.545. The molecule has 0 aromatic carbocycles. The second kappa shape index (κ2) is 4.76. The first-order valence-corrected chi connectivity index (χ1v) is 8.25. The molecule has 0 unspecified atom stereocenters. The van der Waals surface area contributed by atoms with Crippen LogP contribution < -0.4 is 0 Å². The van der Waals surface area contributed by atoms with Crippen LogP contribution in [0.15, 0.2) is 16.3 Å². The number of halogens is 1. The fourth-order valence-corrected chi connectivity index (χ4v) is 5.34. The van der Waals surface area contributed by atoms with Gasteiger partial charge in [0, 0.05) is 19.0 Å². The van der Waals surface area contributed by atoms with Crippen LogP contribution >= 0.6 is 11.3 Å². The number of nitrogens with zero attached hydrogens (tertiary/aromatic N) is 1. The highest BCUT2D eigenvalue weighted by Crippen LogP contribution is 2.37. The highest BCUT2D eigenvalue weighted by atomic mass is 32.2. The summed E-state index contributed by atoms with van der Waals surface area (Å²) in [5, 5.41) is 8.51. The van der Waals surface area contributed by atoms with Gasteiger partial charge in [0.2, 0.25) is 0 Å². The molecule has 1 aromatic heterocycles. The van der Waals surface area contributed by atoms with E-state index in [2.05, 4.69) is 0 Å². The van der Waals surface area contributed by atoms with Crippen molar-refractivity contribution >= 4 is 27.3 Å². The van der Waals surface area contributed by atoms with Crippen LogP contribution in [0, 0.1) is 17.0 Å². The summed E-state index contributed by atoms with van der Waals surface area (Å²) in [5.74, 6) is -1.99. The molecule has 2 saturated heterocycles. The molecular weight excluding hydrogens is 309 g/mol. The van der Waals surface area contributed by atoms with Crippen molar-refractivity contribution in [2.75, 3.05) is 19.7 Å². The first-order chi connectivity index (χ1) is 9.39. The van der Waals surface area contributed by atoms with Gasteiger partial charge in [0.25, 0.3) is 10.0 Å². The van der Waals surface area contributed by atoms with E-state index in [4.69, 9.17) is 9.84 Å². The van der Waals surface area contributed by atoms with Gasteiger partial charge in [-0.1, -0.05) is 11.3 Å². The second-order valence-electron chi connectivity index (χ2n) is 4.86. The lowest BCUT2D eigenvalue weighted by Gasteiger charge is -2.17. The van der Waals surface area contributed by atoms with Gasteiger partial charge in [0.1, 0.15) is 4.21 Å². The lowest BCUT2D eigenvalue weighted by molar-refractivity contribution is -0.142. The Morgan fingerprint density at radius 3 is 2.80 bits per heavy atom. The molecule has 3 atom stereocenters. The molecule has 2 fully saturated rings. The number of aliphatic carboxylic acids is 1. The number of carbonyl (C=O) groups is 1. The van der Waals surface area contributed by atoms with Crippen molar-refractivity contribution in [1.82, 2.24) is 4.31 Å². The summed E-state index contributed by atoms with van der Waals surface area (Å²) < 4.78 is 44.1. The first-order valence-electron chi connectivity index (χ1n) is 5.99. The van der Waals surface area contributed by atoms with Gasteiger partial charge in [-0.2, -0.15) is 8.70 Å². The zero-order chi connectivity index (χ0) is 14.5. The molecular formula is C11H12FNO5S2. The SMILES string of the molecule is O=C(O)[C@@H]1CO[C@@H]2CN(S(=O)(=O)c3ccc(F)s3)C[C@@H]21. The summed E-state index contributed by atoms with van der Waals surface area (Å²) in [6, 6.07) is 2.32. The topological polar surface area (TPSA) is 83.9 Å². The van der Waals surface area contributed by atoms with Crippen LogP contribution in [0.5, 0.6) is 0 Å². The third kappa shape index (κ3) is 2.14. The summed E-state index contributed by atoms with van der Waals surface area (Å²) in [6.45, 7) is 0.339. The molecule has 0 saturated carbocycles. The smallest absolute Gasteiger partial charge is 0.309 e. The number of rotatable bonds is 3. The number of hydrogen-bond donors (Lipinski definition) is 1. The van der Waals surface area contributed by atoms with Crippen molar-refractivity contribution in [3.8, 4) is 0 Å². The molecule has 6 nitrogen and oxygen atoms in total. The molecule has 0 amide bonds. The molecule has 3 rings (SSSR count). The molecule has 9 heteroatoms. The summed E-state index contributed by atoms with van der Waals surface area (Å²) in [7, 11) is -3.77. The Labute approximate surface area is 118 Å². The van der Waals surface area contributed by atoms with E-state index in [9.17, 15) is 17.6 Å². The van der Waals surface area contributed by atoms with Crippen LogP contribution in [0.1, 0.15) is 0 Å². The predicted octanol–water partition coefficient (Wildman–Crippen LogP) is 0.607. The fourth-order valence-electron chi connectivity index (χ4n) is 2.69. The number of thiophene rings is 1. The Hall–Kier alpha value is -1.03. The predicted molar refractivity (Wildman–Crippen MR) is 67.4 cm³/mol. The molecule has 2 aliphatic heterocycles. The van der Waals surface area contributed by atoms with Crippen LogP contribution in [0.4, 0.5) is 4.39 Å². The summed E-state index contributed by atoms with van der Waals surface area (Å²) in [5.41, 5.74) is 0. The van der Waals surface area contributed by atoms with Crippen molar-refractivity contribution in [1.29, 1.82) is 0 Å². The van der Waals surface area contributed by atoms with Crippen molar-refractivity contribution in [2.24, 2.45) is 11.8 Å². The Morgan fingerprint density at radius 1 is 1.45 bits per heavy atom. The third-order valence-corrected chi connectivity index (χ3v) is 6.91. The van der Waals surface area contributed by atoms with E-state index in [-0.39, 0.29) is 29.8 Å². The normalized spacial score (nSPS) is 30.6. The average Bonchev–Trinajstić information content (AvgIpc) is 3.01. The lowest BCUT2D eigenvalue weighted by Crippen LogP contribution is -2.32. The summed E-state index contributed by atoms with van der Waals surface area (Å²) >= 11 is 0.563. The zero-order valence-corrected chi connectivity index (χ0v) is 11.9. The van der Waals surface area contributed by atoms with Crippen molar-refractivity contribution in [3.63, 3.8) is 0 Å². The van der Waals surface area contributed by atoms with E-state index in [1.54, 1.807) is 0 Å². The highest BCUT2D eigenvalue weighted by Gasteiger charge is 2.50. The Morgan fingerprint density at radius 2 is 2.20 bits per heavy atom. The van der Waals surface area contributed by atoms with E-state index < -0.39 is 33.1 Å². The standard InChI is InChI=1S/C11H12FNO5S2/c12-9-1-2-10(19-9)20(16,17)13-3-6-7(11(14)15)5-18-8(6)4-13/h1-2,6-8H,3-5H2,(H,14,15)/t6-,7-,8-/m1/s1. The third-order valence-electron chi connectivity index (χ3n) is 3.74. The van der Waals surface area contributed by atoms with Crippen molar-refractivity contribution < 1.29 is 27.4 Å². The van der Waals surface area contributed by atoms with E-state index in [0.29, 0.717) is 11.3 Å². The van der Waals surface area contributed by atoms with Crippen LogP contribution in [0.2, 0.25) is 0 Å². The van der Waals surface area contributed by atoms with Crippen LogP contribution in [-0.4, -0.2) is 49.6 Å². The van der Waals surface area contributed by atoms with Gasteiger partial charge in [-0.3, -0.25) is 4.79 Å². The van der Waals surface area contributed by atoms with Crippen molar-refractivity contribution in [3.05, 3.63) is 17.3 Å². The van der Waals surface area contributed by atoms with Gasteiger partial charge in [0.05, 0.1) is 18.6 Å². The van der Waals surface area contributed by atoms with E-state index in [1.165, 1.54) is 10.4 Å². The monoisotopic (exact) mass is 321 g/mol. The first kappa shape index (κ1) is 13.9. The molecule has 2 aliphatic rings. The van der Waals surface area contributed by atoms with E-state index in [1.807, 2.05) is 0 Å². The molecule has 1 aromatic rings. The number of ether oxygens (including phenoxy) is 1. The van der Waals surface area contributed by atoms with Gasteiger partial charge in [-0.15, -0.1) is 0 Å². The van der Waals surface area contributed by atoms with Crippen LogP contribution in [0.3, 0.4) is 0 Å². The maximum atomic E-state index is 13.0. The number of hydrogen-bond acceptors (Lipinski definition) is 5. The van der Waals surface area contributed by atoms with Crippen molar-refractivity contribution in [2.45, 2.75) is 10.3 Å². The van der Waals surface area contributed by atoms with Crippen LogP contribution in [0.25, 0.3) is 0 Å². The maximum absolute atomic E-state index is 13.0. The quantitative estimate of drug-likeness (QED) is 0.882. The van der Waals surface area contributed by atoms with Gasteiger partial charge in [0.15, 0.2) is 5.13 Å². The van der Waals surface area contributed by atoms with Gasteiger partial charge < -0.3 is 9.84 Å². The molecule has 0 bridgehead atoms. The lowest BCUT2D eigenvalue weighted by atomic mass is 9.94. The Bertz CT molecular complexity index is 643. The summed E-state index contributed by atoms with van der Waals surface area (Å²) in [6.07, 6.45) is -0.393. The summed E-state index contributed by atoms with van der Waals surface area (Å²) in [4.78, 5) is 11.1. The number of carboxylic acids is 1. The molecule has 1 N–H and O–H groups in total. The average molecular weight is 321 g/mol. The second-order valence-corrected chi connectivity index (χ2v) is 8.06. The molecule has 0 aliphatic carbocycles. The zero-order valence-electron chi connectivity index (χ0n) is 10.2. The minimum atomic E-state index is -3.77. The van der Waals surface area contributed by atoms with E-state index >= 15 is 0 Å². The molecule has 0 spiro atoms. The highest BCUT2D eigenvalue weighted by molar-refractivity contribution is 7.91. The number of carboxylic acid groups (broad SMARTS) is 1. The Balaban J connectivity index is 1.82. The maximum Gasteiger partial charge on any atom is 0.309 e. The number of sulfonamides is 1. The molecule has 3 heterocycles. The molecule has 0 radical (unpaired) electrons. The van der Waals surface area contributed by atoms with Gasteiger partial charge in [-0.25, -0.2) is 8.42 Å². The molecule has 20 heavy (non-hydrogen) atoms. The van der Waals surface area contributed by atoms with E-state index in [0.717, 1.165) is 6.07 Å².